The maximum Gasteiger partial charge on any atom is 0.319 e. The lowest BCUT2D eigenvalue weighted by Crippen LogP contribution is -2.43. The molecule has 0 fully saturated rings. The Morgan fingerprint density at radius 1 is 1.44 bits per heavy atom. The standard InChI is InChI=1S/C13H17N3O2/c1-13(2,3)16-12(17)15-10-5-4-6-11(9-10)18-8-7-14/h4-6,9H,8H2,1-3H3,(H2,15,16,17). The quantitative estimate of drug-likeness (QED) is 0.861. The van der Waals surface area contributed by atoms with Crippen LogP contribution in [0.2, 0.25) is 0 Å². The van der Waals surface area contributed by atoms with Gasteiger partial charge in [0.25, 0.3) is 0 Å². The fourth-order valence-corrected chi connectivity index (χ4v) is 1.28. The third-order valence-electron chi connectivity index (χ3n) is 1.88. The van der Waals surface area contributed by atoms with Crippen LogP contribution in [0.5, 0.6) is 5.75 Å². The molecule has 0 unspecified atom stereocenters. The molecule has 0 spiro atoms. The van der Waals surface area contributed by atoms with E-state index in [2.05, 4.69) is 10.6 Å². The second-order valence-electron chi connectivity index (χ2n) is 4.80. The van der Waals surface area contributed by atoms with Crippen molar-refractivity contribution in [2.24, 2.45) is 0 Å². The summed E-state index contributed by atoms with van der Waals surface area (Å²) in [7, 11) is 0. The van der Waals surface area contributed by atoms with Crippen LogP contribution in [0.4, 0.5) is 10.5 Å². The summed E-state index contributed by atoms with van der Waals surface area (Å²) in [4.78, 5) is 11.6. The Morgan fingerprint density at radius 3 is 2.78 bits per heavy atom. The van der Waals surface area contributed by atoms with Gasteiger partial charge in [-0.2, -0.15) is 5.26 Å². The van der Waals surface area contributed by atoms with E-state index in [-0.39, 0.29) is 18.2 Å². The van der Waals surface area contributed by atoms with Crippen LogP contribution in [0, 0.1) is 11.3 Å². The number of carbonyl (C=O) groups is 1. The van der Waals surface area contributed by atoms with Crippen molar-refractivity contribution in [2.45, 2.75) is 26.3 Å². The molecule has 96 valence electrons. The summed E-state index contributed by atoms with van der Waals surface area (Å²) >= 11 is 0. The average molecular weight is 247 g/mol. The number of nitriles is 1. The molecule has 0 saturated carbocycles. The van der Waals surface area contributed by atoms with Crippen LogP contribution in [0.25, 0.3) is 0 Å². The van der Waals surface area contributed by atoms with E-state index in [9.17, 15) is 4.79 Å². The van der Waals surface area contributed by atoms with Gasteiger partial charge in [0.2, 0.25) is 0 Å². The molecule has 2 amide bonds. The van der Waals surface area contributed by atoms with Crippen molar-refractivity contribution in [2.75, 3.05) is 11.9 Å². The molecule has 5 heteroatoms. The van der Waals surface area contributed by atoms with Crippen LogP contribution in [-0.2, 0) is 0 Å². The minimum Gasteiger partial charge on any atom is -0.479 e. The number of ether oxygens (including phenoxy) is 1. The second-order valence-corrected chi connectivity index (χ2v) is 4.80. The van der Waals surface area contributed by atoms with E-state index in [0.717, 1.165) is 0 Å². The van der Waals surface area contributed by atoms with E-state index >= 15 is 0 Å². The topological polar surface area (TPSA) is 74.2 Å². The third-order valence-corrected chi connectivity index (χ3v) is 1.88. The van der Waals surface area contributed by atoms with Crippen molar-refractivity contribution in [1.82, 2.24) is 5.32 Å². The highest BCUT2D eigenvalue weighted by Gasteiger charge is 2.13. The first-order chi connectivity index (χ1) is 8.40. The number of nitrogens with one attached hydrogen (secondary N) is 2. The molecular weight excluding hydrogens is 230 g/mol. The average Bonchev–Trinajstić information content (AvgIpc) is 2.24. The van der Waals surface area contributed by atoms with Crippen molar-refractivity contribution >= 4 is 11.7 Å². The number of nitrogens with zero attached hydrogens (tertiary/aromatic N) is 1. The van der Waals surface area contributed by atoms with E-state index < -0.39 is 0 Å². The van der Waals surface area contributed by atoms with Gasteiger partial charge in [0, 0.05) is 17.3 Å². The summed E-state index contributed by atoms with van der Waals surface area (Å²) in [6.45, 7) is 5.69. The van der Waals surface area contributed by atoms with Gasteiger partial charge in [0.05, 0.1) is 0 Å². The van der Waals surface area contributed by atoms with Gasteiger partial charge in [-0.15, -0.1) is 0 Å². The number of rotatable bonds is 3. The lowest BCUT2D eigenvalue weighted by molar-refractivity contribution is 0.244. The Bertz CT molecular complexity index is 458. The van der Waals surface area contributed by atoms with Crippen LogP contribution >= 0.6 is 0 Å². The Hall–Kier alpha value is -2.22. The zero-order valence-corrected chi connectivity index (χ0v) is 10.8. The molecule has 0 bridgehead atoms. The molecule has 1 aromatic rings. The molecule has 0 aliphatic heterocycles. The first-order valence-electron chi connectivity index (χ1n) is 5.60. The zero-order chi connectivity index (χ0) is 13.6. The van der Waals surface area contributed by atoms with Crippen molar-refractivity contribution < 1.29 is 9.53 Å². The zero-order valence-electron chi connectivity index (χ0n) is 10.8. The molecule has 0 radical (unpaired) electrons. The van der Waals surface area contributed by atoms with Crippen molar-refractivity contribution in [3.63, 3.8) is 0 Å². The first kappa shape index (κ1) is 13.8. The van der Waals surface area contributed by atoms with Crippen LogP contribution in [0.15, 0.2) is 24.3 Å². The van der Waals surface area contributed by atoms with E-state index in [1.807, 2.05) is 26.8 Å². The van der Waals surface area contributed by atoms with E-state index in [0.29, 0.717) is 11.4 Å². The molecule has 0 heterocycles. The monoisotopic (exact) mass is 247 g/mol. The minimum absolute atomic E-state index is 0.0162. The highest BCUT2D eigenvalue weighted by atomic mass is 16.5. The Kier molecular flexibility index (Phi) is 4.55. The van der Waals surface area contributed by atoms with Gasteiger partial charge in [0.1, 0.15) is 11.8 Å². The molecule has 1 aromatic carbocycles. The van der Waals surface area contributed by atoms with Gasteiger partial charge in [-0.3, -0.25) is 0 Å². The van der Waals surface area contributed by atoms with Gasteiger partial charge in [-0.05, 0) is 32.9 Å². The van der Waals surface area contributed by atoms with Gasteiger partial charge in [0.15, 0.2) is 6.61 Å². The maximum absolute atomic E-state index is 11.6. The minimum atomic E-state index is -0.293. The van der Waals surface area contributed by atoms with Gasteiger partial charge in [-0.25, -0.2) is 4.79 Å². The summed E-state index contributed by atoms with van der Waals surface area (Å²) in [5.74, 6) is 0.546. The number of amides is 2. The summed E-state index contributed by atoms with van der Waals surface area (Å²) in [6.07, 6.45) is 0. The molecular formula is C13H17N3O2. The molecule has 0 saturated heterocycles. The molecule has 0 aliphatic carbocycles. The predicted molar refractivity (Wildman–Crippen MR) is 69.5 cm³/mol. The highest BCUT2D eigenvalue weighted by molar-refractivity contribution is 5.89. The summed E-state index contributed by atoms with van der Waals surface area (Å²) < 4.78 is 5.15. The predicted octanol–water partition coefficient (Wildman–Crippen LogP) is 2.51. The van der Waals surface area contributed by atoms with E-state index in [1.165, 1.54) is 0 Å². The van der Waals surface area contributed by atoms with Crippen molar-refractivity contribution in [3.8, 4) is 11.8 Å². The Balaban J connectivity index is 2.62. The Morgan fingerprint density at radius 2 is 2.17 bits per heavy atom. The number of benzene rings is 1. The fraction of sp³-hybridized carbons (Fsp3) is 0.385. The molecule has 0 aliphatic rings. The molecule has 0 atom stereocenters. The van der Waals surface area contributed by atoms with Gasteiger partial charge in [-0.1, -0.05) is 6.07 Å². The molecule has 1 rings (SSSR count). The molecule has 18 heavy (non-hydrogen) atoms. The fourth-order valence-electron chi connectivity index (χ4n) is 1.28. The number of hydrogen-bond donors (Lipinski definition) is 2. The summed E-state index contributed by atoms with van der Waals surface area (Å²) in [6, 6.07) is 8.50. The van der Waals surface area contributed by atoms with Crippen molar-refractivity contribution in [3.05, 3.63) is 24.3 Å². The summed E-state index contributed by atoms with van der Waals surface area (Å²) in [5, 5.41) is 13.9. The van der Waals surface area contributed by atoms with E-state index in [4.69, 9.17) is 10.00 Å². The number of urea groups is 1. The van der Waals surface area contributed by atoms with Gasteiger partial charge < -0.3 is 15.4 Å². The summed E-state index contributed by atoms with van der Waals surface area (Å²) in [5.41, 5.74) is 0.325. The SMILES string of the molecule is CC(C)(C)NC(=O)Nc1cccc(OCC#N)c1. The number of carbonyl (C=O) groups excluding carboxylic acids is 1. The lowest BCUT2D eigenvalue weighted by atomic mass is 10.1. The van der Waals surface area contributed by atoms with Crippen molar-refractivity contribution in [1.29, 1.82) is 5.26 Å². The highest BCUT2D eigenvalue weighted by Crippen LogP contribution is 2.17. The molecule has 5 nitrogen and oxygen atoms in total. The normalized spacial score (nSPS) is 10.3. The molecule has 0 aromatic heterocycles. The van der Waals surface area contributed by atoms with Crippen LogP contribution in [0.3, 0.4) is 0 Å². The Labute approximate surface area is 107 Å². The maximum atomic E-state index is 11.6. The molecule has 2 N–H and O–H groups in total. The third kappa shape index (κ3) is 5.21. The van der Waals surface area contributed by atoms with Crippen LogP contribution < -0.4 is 15.4 Å². The largest absolute Gasteiger partial charge is 0.479 e. The number of hydrogen-bond acceptors (Lipinski definition) is 3. The smallest absolute Gasteiger partial charge is 0.319 e. The van der Waals surface area contributed by atoms with E-state index in [1.54, 1.807) is 24.3 Å². The second kappa shape index (κ2) is 5.92. The first-order valence-corrected chi connectivity index (χ1v) is 5.60. The number of anilines is 1. The van der Waals surface area contributed by atoms with Gasteiger partial charge >= 0.3 is 6.03 Å². The lowest BCUT2D eigenvalue weighted by Gasteiger charge is -2.20. The van der Waals surface area contributed by atoms with Crippen LogP contribution in [0.1, 0.15) is 20.8 Å². The van der Waals surface area contributed by atoms with Crippen LogP contribution in [-0.4, -0.2) is 18.2 Å².